The summed E-state index contributed by atoms with van der Waals surface area (Å²) in [5.74, 6) is -2.79. The van der Waals surface area contributed by atoms with Gasteiger partial charge in [0.25, 0.3) is 5.91 Å². The summed E-state index contributed by atoms with van der Waals surface area (Å²) in [7, 11) is 0. The van der Waals surface area contributed by atoms with E-state index < -0.39 is 29.7 Å². The third-order valence-corrected chi connectivity index (χ3v) is 8.67. The summed E-state index contributed by atoms with van der Waals surface area (Å²) in [4.78, 5) is 67.3. The lowest BCUT2D eigenvalue weighted by Gasteiger charge is -2.07. The van der Waals surface area contributed by atoms with Gasteiger partial charge in [-0.2, -0.15) is 4.99 Å². The van der Waals surface area contributed by atoms with E-state index in [0.717, 1.165) is 33.3 Å². The molecule has 3 aromatic rings. The number of amides is 2. The highest BCUT2D eigenvalue weighted by Gasteiger charge is 2.27. The van der Waals surface area contributed by atoms with Crippen molar-refractivity contribution in [2.24, 2.45) is 4.99 Å². The summed E-state index contributed by atoms with van der Waals surface area (Å²) in [5.41, 5.74) is 1.64. The van der Waals surface area contributed by atoms with E-state index in [0.29, 0.717) is 22.5 Å². The molecule has 0 saturated carbocycles. The average molecular weight is 634 g/mol. The lowest BCUT2D eigenvalue weighted by atomic mass is 10.1. The van der Waals surface area contributed by atoms with Crippen molar-refractivity contribution in [1.29, 1.82) is 0 Å². The Kier molecular flexibility index (Phi) is 12.1. The van der Waals surface area contributed by atoms with Gasteiger partial charge in [0.05, 0.1) is 52.7 Å². The summed E-state index contributed by atoms with van der Waals surface area (Å²) in [6.07, 6.45) is 1.68. The van der Waals surface area contributed by atoms with Crippen molar-refractivity contribution in [2.75, 3.05) is 36.6 Å². The lowest BCUT2D eigenvalue weighted by molar-refractivity contribution is -0.115. The molecule has 0 aliphatic rings. The number of fused-ring (bicyclic) bond motifs is 1. The average Bonchev–Trinajstić information content (AvgIpc) is 3.45. The number of thioether (sulfide) groups is 1. The number of nitrogens with one attached hydrogen (secondary N) is 1. The number of carbonyl (C=O) groups excluding carboxylic acids is 5. The standard InChI is InChI=1S/C28H31N3O8S3/c1-6-12-31-18-11-10-17(25(34)37-7-2)13-19(18)41-28(31)30-21(33)15-40-14-20(32)29-24-22(26(35)38-8-3)16(5)23(42-24)27(36)39-9-4/h6,10-11,13H,1,7-9,12,14-15H2,2-5H3,(H,29,32). The molecule has 2 aromatic heterocycles. The number of hydrogen-bond acceptors (Lipinski definition) is 11. The van der Waals surface area contributed by atoms with E-state index >= 15 is 0 Å². The zero-order valence-corrected chi connectivity index (χ0v) is 26.1. The molecule has 0 aliphatic carbocycles. The van der Waals surface area contributed by atoms with Crippen LogP contribution in [0.3, 0.4) is 0 Å². The fourth-order valence-corrected chi connectivity index (χ4v) is 6.58. The maximum atomic E-state index is 12.7. The third kappa shape index (κ3) is 7.95. The van der Waals surface area contributed by atoms with Crippen molar-refractivity contribution in [3.63, 3.8) is 0 Å². The van der Waals surface area contributed by atoms with Crippen molar-refractivity contribution in [3.05, 3.63) is 57.2 Å². The fourth-order valence-electron chi connectivity index (χ4n) is 3.78. The zero-order valence-electron chi connectivity index (χ0n) is 23.6. The predicted molar refractivity (Wildman–Crippen MR) is 163 cm³/mol. The molecule has 0 bridgehead atoms. The second kappa shape index (κ2) is 15.5. The normalized spacial score (nSPS) is 11.3. The van der Waals surface area contributed by atoms with Crippen LogP contribution in [0.2, 0.25) is 0 Å². The van der Waals surface area contributed by atoms with Crippen molar-refractivity contribution in [2.45, 2.75) is 34.2 Å². The number of rotatable bonds is 13. The maximum absolute atomic E-state index is 12.7. The van der Waals surface area contributed by atoms with Crippen LogP contribution >= 0.6 is 34.4 Å². The topological polar surface area (TPSA) is 142 Å². The third-order valence-electron chi connectivity index (χ3n) is 5.52. The first-order valence-electron chi connectivity index (χ1n) is 13.0. The van der Waals surface area contributed by atoms with Crippen LogP contribution in [-0.4, -0.2) is 65.6 Å². The molecule has 2 amide bonds. The van der Waals surface area contributed by atoms with Gasteiger partial charge in [0.15, 0.2) is 4.80 Å². The number of thiazole rings is 1. The monoisotopic (exact) mass is 633 g/mol. The van der Waals surface area contributed by atoms with E-state index in [4.69, 9.17) is 14.2 Å². The molecule has 0 saturated heterocycles. The second-order valence-corrected chi connectivity index (χ2v) is 11.4. The smallest absolute Gasteiger partial charge is 0.348 e. The van der Waals surface area contributed by atoms with Gasteiger partial charge in [0.2, 0.25) is 5.91 Å². The van der Waals surface area contributed by atoms with Gasteiger partial charge in [-0.05, 0) is 51.5 Å². The first kappa shape index (κ1) is 32.8. The number of ether oxygens (including phenoxy) is 3. The van der Waals surface area contributed by atoms with Gasteiger partial charge >= 0.3 is 17.9 Å². The molecule has 42 heavy (non-hydrogen) atoms. The van der Waals surface area contributed by atoms with E-state index in [1.807, 2.05) is 4.57 Å². The van der Waals surface area contributed by atoms with Crippen LogP contribution in [0.25, 0.3) is 10.2 Å². The molecule has 0 aliphatic heterocycles. The second-order valence-electron chi connectivity index (χ2n) is 8.43. The quantitative estimate of drug-likeness (QED) is 0.162. The summed E-state index contributed by atoms with van der Waals surface area (Å²) in [6.45, 7) is 11.4. The molecular formula is C28H31N3O8S3. The first-order chi connectivity index (χ1) is 20.1. The number of allylic oxidation sites excluding steroid dienone is 1. The molecule has 11 nitrogen and oxygen atoms in total. The Morgan fingerprint density at radius 1 is 0.976 bits per heavy atom. The van der Waals surface area contributed by atoms with E-state index in [-0.39, 0.29) is 46.8 Å². The van der Waals surface area contributed by atoms with Crippen molar-refractivity contribution in [3.8, 4) is 0 Å². The van der Waals surface area contributed by atoms with E-state index in [1.165, 1.54) is 11.3 Å². The zero-order chi connectivity index (χ0) is 30.8. The van der Waals surface area contributed by atoms with Gasteiger partial charge in [-0.25, -0.2) is 14.4 Å². The highest BCUT2D eigenvalue weighted by molar-refractivity contribution is 8.00. The largest absolute Gasteiger partial charge is 0.462 e. The first-order valence-corrected chi connectivity index (χ1v) is 15.8. The molecule has 14 heteroatoms. The van der Waals surface area contributed by atoms with E-state index in [9.17, 15) is 24.0 Å². The SMILES string of the molecule is C=CCn1c(=NC(=O)CSCC(=O)Nc2sc(C(=O)OCC)c(C)c2C(=O)OCC)sc2cc(C(=O)OCC)ccc21. The molecule has 3 rings (SSSR count). The molecule has 0 radical (unpaired) electrons. The van der Waals surface area contributed by atoms with E-state index in [2.05, 4.69) is 16.9 Å². The van der Waals surface area contributed by atoms with Crippen LogP contribution in [0.4, 0.5) is 5.00 Å². The Labute approximate surface area is 254 Å². The van der Waals surface area contributed by atoms with Crippen LogP contribution in [0, 0.1) is 6.92 Å². The molecule has 0 spiro atoms. The highest BCUT2D eigenvalue weighted by atomic mass is 32.2. The summed E-state index contributed by atoms with van der Waals surface area (Å²) in [5, 5.41) is 2.83. The predicted octanol–water partition coefficient (Wildman–Crippen LogP) is 4.59. The Balaban J connectivity index is 1.72. The Morgan fingerprint density at radius 3 is 2.31 bits per heavy atom. The Morgan fingerprint density at radius 2 is 1.64 bits per heavy atom. The van der Waals surface area contributed by atoms with Crippen LogP contribution in [0.15, 0.2) is 35.8 Å². The van der Waals surface area contributed by atoms with Crippen LogP contribution in [0.5, 0.6) is 0 Å². The van der Waals surface area contributed by atoms with E-state index in [1.54, 1.807) is 52.0 Å². The Hall–Kier alpha value is -3.75. The van der Waals surface area contributed by atoms with Gasteiger partial charge in [-0.1, -0.05) is 17.4 Å². The molecule has 224 valence electrons. The molecule has 0 unspecified atom stereocenters. The maximum Gasteiger partial charge on any atom is 0.348 e. The summed E-state index contributed by atoms with van der Waals surface area (Å²) >= 11 is 3.23. The van der Waals surface area contributed by atoms with Crippen LogP contribution in [-0.2, 0) is 30.3 Å². The van der Waals surface area contributed by atoms with Gasteiger partial charge in [-0.3, -0.25) is 9.59 Å². The molecule has 0 fully saturated rings. The minimum Gasteiger partial charge on any atom is -0.462 e. The van der Waals surface area contributed by atoms with Crippen LogP contribution in [0.1, 0.15) is 56.7 Å². The number of esters is 3. The molecule has 2 heterocycles. The molecular weight excluding hydrogens is 603 g/mol. The number of nitrogens with zero attached hydrogens (tertiary/aromatic N) is 2. The van der Waals surface area contributed by atoms with Gasteiger partial charge in [0.1, 0.15) is 9.88 Å². The summed E-state index contributed by atoms with van der Waals surface area (Å²) in [6, 6.07) is 5.13. The minimum atomic E-state index is -0.663. The fraction of sp³-hybridized carbons (Fsp3) is 0.357. The van der Waals surface area contributed by atoms with Gasteiger partial charge < -0.3 is 24.1 Å². The lowest BCUT2D eigenvalue weighted by Crippen LogP contribution is -2.19. The number of anilines is 1. The van der Waals surface area contributed by atoms with Crippen molar-refractivity contribution in [1.82, 2.24) is 4.57 Å². The number of carbonyl (C=O) groups is 5. The van der Waals surface area contributed by atoms with Crippen molar-refractivity contribution < 1.29 is 38.2 Å². The van der Waals surface area contributed by atoms with Gasteiger partial charge in [-0.15, -0.1) is 29.7 Å². The number of hydrogen-bond donors (Lipinski definition) is 1. The van der Waals surface area contributed by atoms with Crippen molar-refractivity contribution >= 4 is 79.4 Å². The number of benzene rings is 1. The van der Waals surface area contributed by atoms with Gasteiger partial charge in [0, 0.05) is 6.54 Å². The minimum absolute atomic E-state index is 0.0773. The van der Waals surface area contributed by atoms with Crippen LogP contribution < -0.4 is 10.1 Å². The highest BCUT2D eigenvalue weighted by Crippen LogP contribution is 2.34. The number of thiophene rings is 1. The molecule has 1 aromatic carbocycles. The molecule has 1 N–H and O–H groups in total. The molecule has 0 atom stereocenters. The Bertz CT molecular complexity index is 1580. The summed E-state index contributed by atoms with van der Waals surface area (Å²) < 4.78 is 17.8. The number of aromatic nitrogens is 1.